The van der Waals surface area contributed by atoms with E-state index in [1.165, 1.54) is 0 Å². The van der Waals surface area contributed by atoms with Gasteiger partial charge in [0, 0.05) is 19.6 Å². The van der Waals surface area contributed by atoms with Crippen LogP contribution in [0.4, 0.5) is 0 Å². The monoisotopic (exact) mass is 244 g/mol. The van der Waals surface area contributed by atoms with Gasteiger partial charge in [0.05, 0.1) is 24.7 Å². The molecule has 0 spiro atoms. The van der Waals surface area contributed by atoms with Crippen molar-refractivity contribution >= 4 is 5.91 Å². The molecule has 1 heterocycles. The predicted molar refractivity (Wildman–Crippen MR) is 65.5 cm³/mol. The van der Waals surface area contributed by atoms with Crippen molar-refractivity contribution < 1.29 is 14.6 Å². The second-order valence-electron chi connectivity index (χ2n) is 4.62. The van der Waals surface area contributed by atoms with Crippen LogP contribution in [0.15, 0.2) is 0 Å². The van der Waals surface area contributed by atoms with E-state index in [4.69, 9.17) is 15.6 Å². The molecule has 17 heavy (non-hydrogen) atoms. The van der Waals surface area contributed by atoms with Crippen LogP contribution >= 0.6 is 0 Å². The highest BCUT2D eigenvalue weighted by Gasteiger charge is 2.38. The minimum atomic E-state index is -0.447. The molecule has 3 N–H and O–H groups in total. The molecule has 1 unspecified atom stereocenters. The highest BCUT2D eigenvalue weighted by atomic mass is 16.5. The molecule has 0 radical (unpaired) electrons. The largest absolute Gasteiger partial charge is 0.394 e. The Morgan fingerprint density at radius 1 is 1.53 bits per heavy atom. The zero-order chi connectivity index (χ0) is 12.9. The maximum absolute atomic E-state index is 12.5. The lowest BCUT2D eigenvalue weighted by atomic mass is 9.80. The normalized spacial score (nSPS) is 21.6. The van der Waals surface area contributed by atoms with Gasteiger partial charge in [-0.2, -0.15) is 0 Å². The number of nitrogens with zero attached hydrogens (tertiary/aromatic N) is 1. The summed E-state index contributed by atoms with van der Waals surface area (Å²) in [6.45, 7) is 5.88. The lowest BCUT2D eigenvalue weighted by molar-refractivity contribution is -0.151. The number of morpholine rings is 1. The van der Waals surface area contributed by atoms with Crippen molar-refractivity contribution in [2.24, 2.45) is 11.1 Å². The Labute approximate surface area is 103 Å². The van der Waals surface area contributed by atoms with Crippen LogP contribution in [-0.4, -0.2) is 54.9 Å². The van der Waals surface area contributed by atoms with Gasteiger partial charge < -0.3 is 20.5 Å². The molecule has 1 atom stereocenters. The van der Waals surface area contributed by atoms with Gasteiger partial charge in [-0.25, -0.2) is 0 Å². The van der Waals surface area contributed by atoms with Crippen molar-refractivity contribution in [2.75, 3.05) is 32.8 Å². The molecule has 0 aliphatic carbocycles. The highest BCUT2D eigenvalue weighted by Crippen LogP contribution is 2.28. The number of carbonyl (C=O) groups is 1. The average molecular weight is 244 g/mol. The number of carbonyl (C=O) groups excluding carboxylic acids is 1. The van der Waals surface area contributed by atoms with Gasteiger partial charge in [-0.3, -0.25) is 4.79 Å². The van der Waals surface area contributed by atoms with Gasteiger partial charge in [0.2, 0.25) is 5.91 Å². The Morgan fingerprint density at radius 2 is 2.18 bits per heavy atom. The standard InChI is InChI=1S/C12H24N2O3/c1-3-12(4-2,9-13)11(16)14-5-6-17-10(7-14)8-15/h10,15H,3-9,13H2,1-2H3. The summed E-state index contributed by atoms with van der Waals surface area (Å²) in [7, 11) is 0. The van der Waals surface area contributed by atoms with E-state index in [0.29, 0.717) is 26.2 Å². The van der Waals surface area contributed by atoms with Gasteiger partial charge in [-0.05, 0) is 12.8 Å². The molecule has 0 aromatic heterocycles. The van der Waals surface area contributed by atoms with Gasteiger partial charge in [0.1, 0.15) is 0 Å². The summed E-state index contributed by atoms with van der Waals surface area (Å²) in [6.07, 6.45) is 1.25. The number of rotatable bonds is 5. The second-order valence-corrected chi connectivity index (χ2v) is 4.62. The Bertz CT molecular complexity index is 246. The Hall–Kier alpha value is -0.650. The molecule has 0 aromatic rings. The predicted octanol–water partition coefficient (Wildman–Crippen LogP) is -0.0288. The summed E-state index contributed by atoms with van der Waals surface area (Å²) in [5.74, 6) is 0.103. The Kier molecular flexibility index (Phi) is 5.36. The minimum absolute atomic E-state index is 0.0440. The smallest absolute Gasteiger partial charge is 0.230 e. The number of hydrogen-bond donors (Lipinski definition) is 2. The molecule has 1 saturated heterocycles. The third-order valence-electron chi connectivity index (χ3n) is 3.83. The third-order valence-corrected chi connectivity index (χ3v) is 3.83. The van der Waals surface area contributed by atoms with Crippen LogP contribution in [-0.2, 0) is 9.53 Å². The summed E-state index contributed by atoms with van der Waals surface area (Å²) in [6, 6.07) is 0. The molecule has 0 saturated carbocycles. The summed E-state index contributed by atoms with van der Waals surface area (Å²) in [5, 5.41) is 9.08. The van der Waals surface area contributed by atoms with Crippen LogP contribution in [0.2, 0.25) is 0 Å². The number of ether oxygens (including phenoxy) is 1. The van der Waals surface area contributed by atoms with Gasteiger partial charge in [0.15, 0.2) is 0 Å². The van der Waals surface area contributed by atoms with Gasteiger partial charge in [-0.1, -0.05) is 13.8 Å². The van der Waals surface area contributed by atoms with Crippen LogP contribution in [0.1, 0.15) is 26.7 Å². The van der Waals surface area contributed by atoms with Crippen LogP contribution < -0.4 is 5.73 Å². The van der Waals surface area contributed by atoms with Crippen molar-refractivity contribution in [1.82, 2.24) is 4.90 Å². The van der Waals surface area contributed by atoms with Crippen molar-refractivity contribution in [1.29, 1.82) is 0 Å². The molecular weight excluding hydrogens is 220 g/mol. The molecule has 1 aliphatic rings. The Morgan fingerprint density at radius 3 is 2.65 bits per heavy atom. The van der Waals surface area contributed by atoms with Crippen molar-refractivity contribution in [3.63, 3.8) is 0 Å². The second kappa shape index (κ2) is 6.33. The first-order chi connectivity index (χ1) is 8.13. The van der Waals surface area contributed by atoms with Gasteiger partial charge in [0.25, 0.3) is 0 Å². The van der Waals surface area contributed by atoms with E-state index >= 15 is 0 Å². The lowest BCUT2D eigenvalue weighted by Gasteiger charge is -2.39. The summed E-state index contributed by atoms with van der Waals surface area (Å²) in [5.41, 5.74) is 5.33. The molecular formula is C12H24N2O3. The van der Waals surface area contributed by atoms with Crippen LogP contribution in [0.5, 0.6) is 0 Å². The quantitative estimate of drug-likeness (QED) is 0.712. The molecule has 1 amide bonds. The zero-order valence-electron chi connectivity index (χ0n) is 10.8. The van der Waals surface area contributed by atoms with E-state index in [0.717, 1.165) is 12.8 Å². The van der Waals surface area contributed by atoms with E-state index < -0.39 is 5.41 Å². The number of aliphatic hydroxyl groups is 1. The summed E-state index contributed by atoms with van der Waals surface area (Å²) < 4.78 is 5.35. The van der Waals surface area contributed by atoms with Crippen LogP contribution in [0, 0.1) is 5.41 Å². The van der Waals surface area contributed by atoms with Gasteiger partial charge in [-0.15, -0.1) is 0 Å². The molecule has 5 nitrogen and oxygen atoms in total. The molecule has 5 heteroatoms. The average Bonchev–Trinajstić information content (AvgIpc) is 2.41. The van der Waals surface area contributed by atoms with Crippen LogP contribution in [0.25, 0.3) is 0 Å². The first-order valence-electron chi connectivity index (χ1n) is 6.35. The molecule has 0 bridgehead atoms. The lowest BCUT2D eigenvalue weighted by Crippen LogP contribution is -2.54. The molecule has 0 aromatic carbocycles. The molecule has 1 aliphatic heterocycles. The zero-order valence-corrected chi connectivity index (χ0v) is 10.8. The fourth-order valence-corrected chi connectivity index (χ4v) is 2.28. The maximum atomic E-state index is 12.5. The van der Waals surface area contributed by atoms with E-state index in [9.17, 15) is 4.79 Å². The van der Waals surface area contributed by atoms with Crippen molar-refractivity contribution in [3.8, 4) is 0 Å². The number of hydrogen-bond acceptors (Lipinski definition) is 4. The minimum Gasteiger partial charge on any atom is -0.394 e. The van der Waals surface area contributed by atoms with Crippen molar-refractivity contribution in [3.05, 3.63) is 0 Å². The van der Waals surface area contributed by atoms with E-state index in [2.05, 4.69) is 0 Å². The number of amides is 1. The molecule has 1 fully saturated rings. The highest BCUT2D eigenvalue weighted by molar-refractivity contribution is 5.83. The van der Waals surface area contributed by atoms with Gasteiger partial charge >= 0.3 is 0 Å². The fraction of sp³-hybridized carbons (Fsp3) is 0.917. The maximum Gasteiger partial charge on any atom is 0.230 e. The third kappa shape index (κ3) is 2.97. The first kappa shape index (κ1) is 14.4. The SMILES string of the molecule is CCC(CC)(CN)C(=O)N1CCOC(CO)C1. The molecule has 1 rings (SSSR count). The molecule has 100 valence electrons. The van der Waals surface area contributed by atoms with E-state index in [-0.39, 0.29) is 18.6 Å². The van der Waals surface area contributed by atoms with Crippen LogP contribution in [0.3, 0.4) is 0 Å². The van der Waals surface area contributed by atoms with Crippen molar-refractivity contribution in [2.45, 2.75) is 32.8 Å². The first-order valence-corrected chi connectivity index (χ1v) is 6.35. The summed E-state index contributed by atoms with van der Waals surface area (Å²) >= 11 is 0. The van der Waals surface area contributed by atoms with E-state index in [1.807, 2.05) is 13.8 Å². The van der Waals surface area contributed by atoms with E-state index in [1.54, 1.807) is 4.90 Å². The number of nitrogens with two attached hydrogens (primary N) is 1. The fourth-order valence-electron chi connectivity index (χ4n) is 2.28. The topological polar surface area (TPSA) is 75.8 Å². The number of aliphatic hydroxyl groups excluding tert-OH is 1. The summed E-state index contributed by atoms with van der Waals surface area (Å²) in [4.78, 5) is 14.3. The Balaban J connectivity index is 2.73.